The molecule has 1 aliphatic rings. The molecule has 0 saturated carbocycles. The van der Waals surface area contributed by atoms with Gasteiger partial charge in [-0.15, -0.1) is 0 Å². The summed E-state index contributed by atoms with van der Waals surface area (Å²) in [6.45, 7) is 7.27. The van der Waals surface area contributed by atoms with Gasteiger partial charge in [-0.25, -0.2) is 0 Å². The first kappa shape index (κ1) is 19.2. The van der Waals surface area contributed by atoms with Gasteiger partial charge in [0.25, 0.3) is 0 Å². The van der Waals surface area contributed by atoms with Gasteiger partial charge in [-0.1, -0.05) is 26.0 Å². The van der Waals surface area contributed by atoms with Gasteiger partial charge in [0.05, 0.1) is 12.6 Å². The number of nitrogens with two attached hydrogens (primary N) is 1. The van der Waals surface area contributed by atoms with Gasteiger partial charge in [0, 0.05) is 32.7 Å². The molecule has 1 aromatic rings. The van der Waals surface area contributed by atoms with E-state index < -0.39 is 6.04 Å². The highest BCUT2D eigenvalue weighted by atomic mass is 16.3. The van der Waals surface area contributed by atoms with Crippen LogP contribution >= 0.6 is 0 Å². The van der Waals surface area contributed by atoms with Crippen LogP contribution in [0, 0.1) is 5.92 Å². The van der Waals surface area contributed by atoms with E-state index in [9.17, 15) is 14.7 Å². The zero-order valence-corrected chi connectivity index (χ0v) is 14.9. The van der Waals surface area contributed by atoms with Crippen molar-refractivity contribution in [1.82, 2.24) is 15.1 Å². The number of amides is 2. The minimum atomic E-state index is -0.591. The van der Waals surface area contributed by atoms with Crippen molar-refractivity contribution in [2.24, 2.45) is 11.7 Å². The van der Waals surface area contributed by atoms with E-state index >= 15 is 0 Å². The van der Waals surface area contributed by atoms with Crippen molar-refractivity contribution in [3.8, 4) is 5.75 Å². The molecule has 0 aromatic heterocycles. The Morgan fingerprint density at radius 2 is 1.92 bits per heavy atom. The smallest absolute Gasteiger partial charge is 0.242 e. The van der Waals surface area contributed by atoms with Crippen LogP contribution < -0.4 is 11.1 Å². The van der Waals surface area contributed by atoms with Crippen molar-refractivity contribution in [3.63, 3.8) is 0 Å². The summed E-state index contributed by atoms with van der Waals surface area (Å²) in [7, 11) is 0. The van der Waals surface area contributed by atoms with Crippen LogP contribution in [0.4, 0.5) is 0 Å². The summed E-state index contributed by atoms with van der Waals surface area (Å²) in [4.78, 5) is 28.0. The van der Waals surface area contributed by atoms with Gasteiger partial charge in [-0.2, -0.15) is 0 Å². The molecular formula is C18H28N4O3. The minimum Gasteiger partial charge on any atom is -0.508 e. The molecule has 138 valence electrons. The summed E-state index contributed by atoms with van der Waals surface area (Å²) < 4.78 is 0. The molecule has 1 aromatic carbocycles. The van der Waals surface area contributed by atoms with Gasteiger partial charge in [-0.3, -0.25) is 14.5 Å². The van der Waals surface area contributed by atoms with Crippen LogP contribution in [0.5, 0.6) is 5.75 Å². The summed E-state index contributed by atoms with van der Waals surface area (Å²) >= 11 is 0. The Bertz CT molecular complexity index is 598. The predicted octanol–water partition coefficient (Wildman–Crippen LogP) is 0.136. The number of phenolic OH excluding ortho intramolecular Hbond substituents is 1. The van der Waals surface area contributed by atoms with E-state index in [1.165, 1.54) is 0 Å². The predicted molar refractivity (Wildman–Crippen MR) is 95.8 cm³/mol. The second-order valence-corrected chi connectivity index (χ2v) is 6.81. The number of nitrogens with zero attached hydrogens (tertiary/aromatic N) is 2. The number of aromatic hydroxyl groups is 1. The molecule has 4 N–H and O–H groups in total. The van der Waals surface area contributed by atoms with E-state index in [-0.39, 0.29) is 30.0 Å². The molecule has 0 spiro atoms. The van der Waals surface area contributed by atoms with Crippen LogP contribution in [0.2, 0.25) is 0 Å². The zero-order valence-electron chi connectivity index (χ0n) is 14.9. The van der Waals surface area contributed by atoms with Gasteiger partial charge in [0.1, 0.15) is 5.75 Å². The molecular weight excluding hydrogens is 320 g/mol. The zero-order chi connectivity index (χ0) is 18.4. The molecule has 0 unspecified atom stereocenters. The number of carbonyl (C=O) groups is 2. The standard InChI is InChI=1S/C18H28N4O3/c1-13(2)17(19)18(25)20-11-16(24)22-8-6-21(7-9-22)12-14-4-3-5-15(23)10-14/h3-5,10,13,17,23H,6-9,11-12,19H2,1-2H3,(H,20,25)/t17-/m0/s1. The molecule has 1 atom stereocenters. The fourth-order valence-corrected chi connectivity index (χ4v) is 2.76. The Morgan fingerprint density at radius 3 is 2.52 bits per heavy atom. The van der Waals surface area contributed by atoms with E-state index in [1.54, 1.807) is 17.0 Å². The Hall–Kier alpha value is -2.12. The summed E-state index contributed by atoms with van der Waals surface area (Å²) in [5.74, 6) is -0.0649. The van der Waals surface area contributed by atoms with Gasteiger partial charge < -0.3 is 21.1 Å². The molecule has 1 fully saturated rings. The molecule has 0 aliphatic carbocycles. The number of benzene rings is 1. The lowest BCUT2D eigenvalue weighted by Gasteiger charge is -2.35. The van der Waals surface area contributed by atoms with E-state index in [4.69, 9.17) is 5.73 Å². The maximum atomic E-state index is 12.2. The molecule has 0 bridgehead atoms. The lowest BCUT2D eigenvalue weighted by molar-refractivity contribution is -0.134. The highest BCUT2D eigenvalue weighted by molar-refractivity contribution is 5.87. The highest BCUT2D eigenvalue weighted by Gasteiger charge is 2.23. The van der Waals surface area contributed by atoms with Crippen LogP contribution in [0.1, 0.15) is 19.4 Å². The summed E-state index contributed by atoms with van der Waals surface area (Å²) in [6, 6.07) is 6.62. The van der Waals surface area contributed by atoms with E-state index in [1.807, 2.05) is 26.0 Å². The number of hydrogen-bond donors (Lipinski definition) is 3. The van der Waals surface area contributed by atoms with Crippen molar-refractivity contribution < 1.29 is 14.7 Å². The fraction of sp³-hybridized carbons (Fsp3) is 0.556. The summed E-state index contributed by atoms with van der Waals surface area (Å²) in [6.07, 6.45) is 0. The molecule has 2 amide bonds. The minimum absolute atomic E-state index is 0.00812. The van der Waals surface area contributed by atoms with Crippen molar-refractivity contribution in [1.29, 1.82) is 0 Å². The van der Waals surface area contributed by atoms with Crippen LogP contribution in [-0.4, -0.2) is 65.5 Å². The second-order valence-electron chi connectivity index (χ2n) is 6.81. The number of hydrogen-bond acceptors (Lipinski definition) is 5. The highest BCUT2D eigenvalue weighted by Crippen LogP contribution is 2.14. The van der Waals surface area contributed by atoms with Gasteiger partial charge in [0.15, 0.2) is 0 Å². The van der Waals surface area contributed by atoms with Gasteiger partial charge in [-0.05, 0) is 23.6 Å². The van der Waals surface area contributed by atoms with Crippen LogP contribution in [0.3, 0.4) is 0 Å². The third-order valence-corrected chi connectivity index (χ3v) is 4.48. The van der Waals surface area contributed by atoms with Crippen molar-refractivity contribution in [2.75, 3.05) is 32.7 Å². The van der Waals surface area contributed by atoms with Crippen molar-refractivity contribution in [3.05, 3.63) is 29.8 Å². The Kier molecular flexibility index (Phi) is 6.78. The second kappa shape index (κ2) is 8.82. The van der Waals surface area contributed by atoms with Crippen LogP contribution in [0.25, 0.3) is 0 Å². The number of piperazine rings is 1. The van der Waals surface area contributed by atoms with E-state index in [2.05, 4.69) is 10.2 Å². The van der Waals surface area contributed by atoms with E-state index in [0.717, 1.165) is 25.2 Å². The topological polar surface area (TPSA) is 98.9 Å². The lowest BCUT2D eigenvalue weighted by atomic mass is 10.1. The third kappa shape index (κ3) is 5.72. The Labute approximate surface area is 148 Å². The van der Waals surface area contributed by atoms with E-state index in [0.29, 0.717) is 13.1 Å². The fourth-order valence-electron chi connectivity index (χ4n) is 2.76. The molecule has 1 heterocycles. The van der Waals surface area contributed by atoms with Crippen LogP contribution in [0.15, 0.2) is 24.3 Å². The number of nitrogens with one attached hydrogen (secondary N) is 1. The quantitative estimate of drug-likeness (QED) is 0.679. The van der Waals surface area contributed by atoms with Crippen molar-refractivity contribution in [2.45, 2.75) is 26.4 Å². The Morgan fingerprint density at radius 1 is 1.24 bits per heavy atom. The van der Waals surface area contributed by atoms with Crippen molar-refractivity contribution >= 4 is 11.8 Å². The molecule has 25 heavy (non-hydrogen) atoms. The maximum Gasteiger partial charge on any atom is 0.242 e. The molecule has 7 nitrogen and oxygen atoms in total. The summed E-state index contributed by atoms with van der Waals surface area (Å²) in [5.41, 5.74) is 6.82. The van der Waals surface area contributed by atoms with Crippen LogP contribution in [-0.2, 0) is 16.1 Å². The molecule has 1 aliphatic heterocycles. The number of rotatable bonds is 6. The average Bonchev–Trinajstić information content (AvgIpc) is 2.59. The lowest BCUT2D eigenvalue weighted by Crippen LogP contribution is -2.52. The molecule has 7 heteroatoms. The SMILES string of the molecule is CC(C)[C@H](N)C(=O)NCC(=O)N1CCN(Cc2cccc(O)c2)CC1. The Balaban J connectivity index is 1.74. The maximum absolute atomic E-state index is 12.2. The first-order valence-electron chi connectivity index (χ1n) is 8.68. The number of phenols is 1. The third-order valence-electron chi connectivity index (χ3n) is 4.48. The number of carbonyl (C=O) groups excluding carboxylic acids is 2. The first-order chi connectivity index (χ1) is 11.9. The molecule has 1 saturated heterocycles. The normalized spacial score (nSPS) is 16.7. The monoisotopic (exact) mass is 348 g/mol. The molecule has 2 rings (SSSR count). The largest absolute Gasteiger partial charge is 0.508 e. The molecule has 0 radical (unpaired) electrons. The van der Waals surface area contributed by atoms with Gasteiger partial charge >= 0.3 is 0 Å². The average molecular weight is 348 g/mol. The first-order valence-corrected chi connectivity index (χ1v) is 8.68. The summed E-state index contributed by atoms with van der Waals surface area (Å²) in [5, 5.41) is 12.1. The van der Waals surface area contributed by atoms with Gasteiger partial charge in [0.2, 0.25) is 11.8 Å².